The van der Waals surface area contributed by atoms with Crippen LogP contribution in [0.4, 0.5) is 0 Å². The summed E-state index contributed by atoms with van der Waals surface area (Å²) in [5, 5.41) is 0. The van der Waals surface area contributed by atoms with Gasteiger partial charge >= 0.3 is 5.97 Å². The minimum atomic E-state index is -0.421. The van der Waals surface area contributed by atoms with Gasteiger partial charge in [-0.15, -0.1) is 11.3 Å². The Labute approximate surface area is 142 Å². The molecular formula is C17H17N3O3S. The van der Waals surface area contributed by atoms with Gasteiger partial charge in [0.05, 0.1) is 5.69 Å². The smallest absolute Gasteiger partial charge is 0.355 e. The number of hydrogen-bond acceptors (Lipinski definition) is 5. The molecule has 0 fully saturated rings. The first-order valence-electron chi connectivity index (χ1n) is 7.95. The lowest BCUT2D eigenvalue weighted by molar-refractivity contribution is 0.0456. The molecule has 24 heavy (non-hydrogen) atoms. The summed E-state index contributed by atoms with van der Waals surface area (Å²) < 4.78 is 8.70. The van der Waals surface area contributed by atoms with Gasteiger partial charge in [0.2, 0.25) is 0 Å². The van der Waals surface area contributed by atoms with E-state index in [1.807, 2.05) is 0 Å². The van der Waals surface area contributed by atoms with Gasteiger partial charge in [-0.1, -0.05) is 0 Å². The number of fused-ring (bicyclic) bond motifs is 3. The molecule has 7 heteroatoms. The molecule has 0 atom stereocenters. The van der Waals surface area contributed by atoms with Crippen molar-refractivity contribution in [1.82, 2.24) is 14.0 Å². The monoisotopic (exact) mass is 343 g/mol. The fraction of sp³-hybridized carbons (Fsp3) is 0.353. The van der Waals surface area contributed by atoms with Crippen LogP contribution in [0.15, 0.2) is 29.2 Å². The van der Waals surface area contributed by atoms with E-state index in [1.54, 1.807) is 45.7 Å². The van der Waals surface area contributed by atoms with Crippen LogP contribution in [-0.2, 0) is 31.2 Å². The van der Waals surface area contributed by atoms with Crippen LogP contribution in [0.3, 0.4) is 0 Å². The lowest BCUT2D eigenvalue weighted by Crippen LogP contribution is -2.19. The molecule has 1 aliphatic carbocycles. The fourth-order valence-corrected chi connectivity index (χ4v) is 4.33. The third-order valence-electron chi connectivity index (χ3n) is 4.32. The molecule has 3 aromatic rings. The largest absolute Gasteiger partial charge is 0.454 e. The second-order valence-electron chi connectivity index (χ2n) is 5.96. The van der Waals surface area contributed by atoms with Crippen LogP contribution in [-0.4, -0.2) is 19.9 Å². The topological polar surface area (TPSA) is 65.6 Å². The number of thiazole rings is 1. The number of aromatic nitrogens is 3. The number of nitrogens with zero attached hydrogens (tertiary/aromatic N) is 3. The van der Waals surface area contributed by atoms with E-state index in [1.165, 1.54) is 10.9 Å². The highest BCUT2D eigenvalue weighted by Crippen LogP contribution is 2.28. The van der Waals surface area contributed by atoms with Crippen molar-refractivity contribution in [3.63, 3.8) is 0 Å². The third-order valence-corrected chi connectivity index (χ3v) is 5.46. The predicted octanol–water partition coefficient (Wildman–Crippen LogP) is 2.33. The first-order chi connectivity index (χ1) is 11.6. The summed E-state index contributed by atoms with van der Waals surface area (Å²) >= 11 is 1.57. The Balaban J connectivity index is 1.60. The van der Waals surface area contributed by atoms with Crippen molar-refractivity contribution in [2.24, 2.45) is 7.05 Å². The number of hydrogen-bond donors (Lipinski definition) is 0. The summed E-state index contributed by atoms with van der Waals surface area (Å²) in [7, 11) is 1.78. The van der Waals surface area contributed by atoms with Crippen LogP contribution in [0.1, 0.15) is 39.6 Å². The molecule has 6 nitrogen and oxygen atoms in total. The van der Waals surface area contributed by atoms with Crippen LogP contribution in [0, 0.1) is 0 Å². The summed E-state index contributed by atoms with van der Waals surface area (Å²) in [6.07, 6.45) is 6.00. The minimum Gasteiger partial charge on any atom is -0.454 e. The van der Waals surface area contributed by atoms with Gasteiger partial charge in [-0.05, 0) is 37.8 Å². The number of aryl methyl sites for hydroxylation is 3. The minimum absolute atomic E-state index is 0.00167. The zero-order chi connectivity index (χ0) is 16.7. The van der Waals surface area contributed by atoms with Gasteiger partial charge in [0, 0.05) is 29.9 Å². The Morgan fingerprint density at radius 2 is 2.21 bits per heavy atom. The Kier molecular flexibility index (Phi) is 3.72. The van der Waals surface area contributed by atoms with Gasteiger partial charge in [0.1, 0.15) is 12.3 Å². The summed E-state index contributed by atoms with van der Waals surface area (Å²) in [6, 6.07) is 4.94. The lowest BCUT2D eigenvalue weighted by Gasteiger charge is -2.10. The van der Waals surface area contributed by atoms with Gasteiger partial charge in [0.25, 0.3) is 5.56 Å². The van der Waals surface area contributed by atoms with E-state index in [9.17, 15) is 9.59 Å². The quantitative estimate of drug-likeness (QED) is 0.685. The van der Waals surface area contributed by atoms with Gasteiger partial charge < -0.3 is 9.30 Å². The zero-order valence-corrected chi connectivity index (χ0v) is 14.1. The molecule has 3 heterocycles. The van der Waals surface area contributed by atoms with Crippen LogP contribution >= 0.6 is 11.3 Å². The van der Waals surface area contributed by atoms with E-state index in [-0.39, 0.29) is 12.2 Å². The van der Waals surface area contributed by atoms with Crippen molar-refractivity contribution in [2.45, 2.75) is 32.3 Å². The van der Waals surface area contributed by atoms with Gasteiger partial charge in [0.15, 0.2) is 4.96 Å². The molecule has 0 aromatic carbocycles. The number of carbonyl (C=O) groups excluding carboxylic acids is 1. The Hall–Kier alpha value is -2.41. The summed E-state index contributed by atoms with van der Waals surface area (Å²) in [4.78, 5) is 31.0. The fourth-order valence-electron chi connectivity index (χ4n) is 3.10. The van der Waals surface area contributed by atoms with Crippen molar-refractivity contribution in [3.8, 4) is 0 Å². The third kappa shape index (κ3) is 2.54. The van der Waals surface area contributed by atoms with Crippen LogP contribution in [0.5, 0.6) is 0 Å². The van der Waals surface area contributed by atoms with E-state index >= 15 is 0 Å². The summed E-state index contributed by atoms with van der Waals surface area (Å²) in [6.45, 7) is -0.00167. The molecule has 4 rings (SSSR count). The molecule has 0 bridgehead atoms. The standard InChI is InChI=1S/C17H17N3O3S/c1-19-8-4-6-13(19)16(22)23-10-11-9-15(21)20-12-5-2-3-7-14(12)24-17(20)18-11/h4,6,8-9H,2-3,5,7,10H2,1H3. The van der Waals surface area contributed by atoms with E-state index in [0.29, 0.717) is 16.3 Å². The number of ether oxygens (including phenoxy) is 1. The highest BCUT2D eigenvalue weighted by molar-refractivity contribution is 7.17. The van der Waals surface area contributed by atoms with Crippen molar-refractivity contribution < 1.29 is 9.53 Å². The van der Waals surface area contributed by atoms with Gasteiger partial charge in [-0.3, -0.25) is 9.20 Å². The molecule has 0 saturated heterocycles. The molecule has 0 unspecified atom stereocenters. The second-order valence-corrected chi connectivity index (χ2v) is 7.03. The molecule has 0 N–H and O–H groups in total. The molecule has 0 spiro atoms. The van der Waals surface area contributed by atoms with Crippen molar-refractivity contribution >= 4 is 22.3 Å². The van der Waals surface area contributed by atoms with Crippen LogP contribution in [0.2, 0.25) is 0 Å². The molecular weight excluding hydrogens is 326 g/mol. The number of esters is 1. The van der Waals surface area contributed by atoms with E-state index < -0.39 is 5.97 Å². The van der Waals surface area contributed by atoms with E-state index in [4.69, 9.17) is 4.74 Å². The highest BCUT2D eigenvalue weighted by Gasteiger charge is 2.19. The molecule has 0 radical (unpaired) electrons. The average molecular weight is 343 g/mol. The Bertz CT molecular complexity index is 983. The Morgan fingerprint density at radius 1 is 1.38 bits per heavy atom. The van der Waals surface area contributed by atoms with Crippen molar-refractivity contribution in [3.05, 3.63) is 56.7 Å². The molecule has 0 saturated carbocycles. The number of rotatable bonds is 3. The summed E-state index contributed by atoms with van der Waals surface area (Å²) in [5.41, 5.74) is 1.97. The van der Waals surface area contributed by atoms with Crippen LogP contribution < -0.4 is 5.56 Å². The second kappa shape index (κ2) is 5.90. The van der Waals surface area contributed by atoms with E-state index in [2.05, 4.69) is 4.98 Å². The lowest BCUT2D eigenvalue weighted by atomic mass is 10.0. The van der Waals surface area contributed by atoms with Crippen molar-refractivity contribution in [1.29, 1.82) is 0 Å². The summed E-state index contributed by atoms with van der Waals surface area (Å²) in [5.74, 6) is -0.421. The molecule has 0 amide bonds. The molecule has 124 valence electrons. The molecule has 3 aromatic heterocycles. The van der Waals surface area contributed by atoms with Crippen molar-refractivity contribution in [2.75, 3.05) is 0 Å². The predicted molar refractivity (Wildman–Crippen MR) is 90.5 cm³/mol. The van der Waals surface area contributed by atoms with Gasteiger partial charge in [-0.25, -0.2) is 9.78 Å². The normalized spacial score (nSPS) is 13.9. The van der Waals surface area contributed by atoms with Gasteiger partial charge in [-0.2, -0.15) is 0 Å². The Morgan fingerprint density at radius 3 is 3.00 bits per heavy atom. The van der Waals surface area contributed by atoms with Crippen LogP contribution in [0.25, 0.3) is 4.96 Å². The highest BCUT2D eigenvalue weighted by atomic mass is 32.1. The SMILES string of the molecule is Cn1cccc1C(=O)OCc1cc(=O)n2c3c(sc2n1)CCCC3. The average Bonchev–Trinajstić information content (AvgIpc) is 3.15. The first-order valence-corrected chi connectivity index (χ1v) is 8.77. The molecule has 1 aliphatic rings. The van der Waals surface area contributed by atoms with E-state index in [0.717, 1.165) is 31.4 Å². The zero-order valence-electron chi connectivity index (χ0n) is 13.3. The maximum Gasteiger partial charge on any atom is 0.355 e. The molecule has 0 aliphatic heterocycles. The number of carbonyl (C=O) groups is 1. The first kappa shape index (κ1) is 15.1. The maximum atomic E-state index is 12.4. The maximum absolute atomic E-state index is 12.4.